The lowest BCUT2D eigenvalue weighted by Gasteiger charge is -2.36. The predicted molar refractivity (Wildman–Crippen MR) is 143 cm³/mol. The van der Waals surface area contributed by atoms with Crippen molar-refractivity contribution >= 4 is 34.3 Å². The van der Waals surface area contributed by atoms with Crippen LogP contribution in [0.25, 0.3) is 10.9 Å². The van der Waals surface area contributed by atoms with Crippen LogP contribution in [0, 0.1) is 6.92 Å². The summed E-state index contributed by atoms with van der Waals surface area (Å²) in [6.45, 7) is 2.56. The second-order valence-electron chi connectivity index (χ2n) is 8.74. The quantitative estimate of drug-likeness (QED) is 0.182. The molecule has 1 aliphatic heterocycles. The summed E-state index contributed by atoms with van der Waals surface area (Å²) in [6.07, 6.45) is -8.72. The van der Waals surface area contributed by atoms with Crippen LogP contribution in [0.15, 0.2) is 24.3 Å². The summed E-state index contributed by atoms with van der Waals surface area (Å²) in [5, 5.41) is 48.5. The summed E-state index contributed by atoms with van der Waals surface area (Å²) in [5.41, 5.74) is 15.4. The number of nitrogens with zero attached hydrogens (tertiary/aromatic N) is 2. The first kappa shape index (κ1) is 30.4. The highest BCUT2D eigenvalue weighted by Crippen LogP contribution is 2.40. The van der Waals surface area contributed by atoms with Gasteiger partial charge in [0.25, 0.3) is 0 Å². The Morgan fingerprint density at radius 3 is 2.15 bits per heavy atom. The molecule has 0 saturated carbocycles. The Kier molecular flexibility index (Phi) is 9.73. The van der Waals surface area contributed by atoms with Gasteiger partial charge < -0.3 is 61.3 Å². The van der Waals surface area contributed by atoms with E-state index in [0.29, 0.717) is 29.6 Å². The van der Waals surface area contributed by atoms with E-state index in [1.165, 1.54) is 0 Å². The molecular weight excluding hydrogens is 530 g/mol. The molecule has 0 aliphatic carbocycles. The molecule has 5 unspecified atom stereocenters. The fourth-order valence-electron chi connectivity index (χ4n) is 4.12. The van der Waals surface area contributed by atoms with Crippen molar-refractivity contribution in [2.75, 3.05) is 38.1 Å². The minimum absolute atomic E-state index is 0.169. The minimum atomic E-state index is -1.81. The van der Waals surface area contributed by atoms with E-state index in [-0.39, 0.29) is 5.95 Å². The summed E-state index contributed by atoms with van der Waals surface area (Å²) in [5.74, 6) is 0.755. The second-order valence-corrected chi connectivity index (χ2v) is 8.74. The van der Waals surface area contributed by atoms with E-state index in [9.17, 15) is 4.79 Å². The molecule has 1 aliphatic rings. The average Bonchev–Trinajstić information content (AvgIpc) is 2.92. The van der Waals surface area contributed by atoms with Gasteiger partial charge in [-0.2, -0.15) is 4.98 Å². The maximum atomic E-state index is 10.4. The van der Waals surface area contributed by atoms with E-state index >= 15 is 0 Å². The van der Waals surface area contributed by atoms with E-state index < -0.39 is 36.7 Å². The summed E-state index contributed by atoms with van der Waals surface area (Å²) in [7, 11) is 4.75. The monoisotopic (exact) mass is 563 g/mol. The van der Waals surface area contributed by atoms with Gasteiger partial charge in [0.2, 0.25) is 11.7 Å². The van der Waals surface area contributed by atoms with Crippen LogP contribution in [-0.4, -0.2) is 93.5 Å². The number of benzene rings is 2. The molecule has 2 aromatic carbocycles. The molecule has 40 heavy (non-hydrogen) atoms. The molecular formula is C25H33N5O10. The Morgan fingerprint density at radius 1 is 0.975 bits per heavy atom. The van der Waals surface area contributed by atoms with Gasteiger partial charge in [0, 0.05) is 29.8 Å². The van der Waals surface area contributed by atoms with Gasteiger partial charge in [-0.1, -0.05) is 6.07 Å². The first-order valence-corrected chi connectivity index (χ1v) is 11.9. The van der Waals surface area contributed by atoms with Crippen molar-refractivity contribution in [2.45, 2.75) is 44.2 Å². The van der Waals surface area contributed by atoms with Crippen LogP contribution in [0.3, 0.4) is 0 Å². The van der Waals surface area contributed by atoms with Crippen LogP contribution in [0.5, 0.6) is 17.2 Å². The van der Waals surface area contributed by atoms with Gasteiger partial charge in [0.1, 0.15) is 24.1 Å². The number of ether oxygens (including phenoxy) is 4. The highest BCUT2D eigenvalue weighted by atomic mass is 16.6. The van der Waals surface area contributed by atoms with Crippen LogP contribution in [0.4, 0.5) is 17.5 Å². The summed E-state index contributed by atoms with van der Waals surface area (Å²) >= 11 is 0. The zero-order chi connectivity index (χ0) is 29.7. The molecule has 3 aromatic rings. The largest absolute Gasteiger partial charge is 0.493 e. The van der Waals surface area contributed by atoms with E-state index in [0.717, 1.165) is 27.7 Å². The number of aliphatic hydroxyl groups excluding tert-OH is 4. The second kappa shape index (κ2) is 12.8. The molecule has 15 heteroatoms. The topological polar surface area (TPSA) is 245 Å². The van der Waals surface area contributed by atoms with Crippen LogP contribution in [0.1, 0.15) is 11.1 Å². The lowest BCUT2D eigenvalue weighted by molar-refractivity contribution is -0.279. The van der Waals surface area contributed by atoms with Crippen molar-refractivity contribution in [1.82, 2.24) is 9.97 Å². The molecule has 0 bridgehead atoms. The van der Waals surface area contributed by atoms with Crippen LogP contribution < -0.4 is 31.0 Å². The van der Waals surface area contributed by atoms with E-state index in [1.807, 2.05) is 31.2 Å². The number of hydrogen-bond acceptors (Lipinski definition) is 14. The number of nitrogens with two attached hydrogens (primary N) is 2. The summed E-state index contributed by atoms with van der Waals surface area (Å²) < 4.78 is 20.5. The number of aliphatic hydroxyl groups is 4. The maximum absolute atomic E-state index is 10.4. The number of fused-ring (bicyclic) bond motifs is 1. The zero-order valence-electron chi connectivity index (χ0n) is 22.2. The van der Waals surface area contributed by atoms with Gasteiger partial charge in [0.15, 0.2) is 23.9 Å². The fourth-order valence-corrected chi connectivity index (χ4v) is 4.12. The predicted octanol–water partition coefficient (Wildman–Crippen LogP) is -0.389. The van der Waals surface area contributed by atoms with Crippen molar-refractivity contribution in [3.8, 4) is 17.2 Å². The van der Waals surface area contributed by atoms with E-state index in [1.54, 1.807) is 21.3 Å². The molecule has 5 atom stereocenters. The molecule has 1 aromatic heterocycles. The third kappa shape index (κ3) is 6.35. The number of aromatic nitrogens is 2. The lowest BCUT2D eigenvalue weighted by Crippen LogP contribution is -2.59. The molecule has 15 nitrogen and oxygen atoms in total. The van der Waals surface area contributed by atoms with Gasteiger partial charge in [-0.25, -0.2) is 9.78 Å². The van der Waals surface area contributed by atoms with Crippen molar-refractivity contribution in [1.29, 1.82) is 0 Å². The first-order valence-electron chi connectivity index (χ1n) is 11.9. The Bertz CT molecular complexity index is 1330. The Balaban J connectivity index is 0.000000285. The number of rotatable bonds is 7. The highest BCUT2D eigenvalue weighted by Gasteiger charge is 2.46. The number of carbonyl (C=O) groups is 1. The third-order valence-electron chi connectivity index (χ3n) is 6.26. The van der Waals surface area contributed by atoms with Gasteiger partial charge in [-0.3, -0.25) is 0 Å². The number of methoxy groups -OCH3 is 3. The van der Waals surface area contributed by atoms with Crippen molar-refractivity contribution < 1.29 is 49.3 Å². The first-order chi connectivity index (χ1) is 18.9. The molecule has 1 saturated heterocycles. The number of aliphatic carboxylic acids is 1. The number of carboxylic acids is 1. The van der Waals surface area contributed by atoms with Gasteiger partial charge >= 0.3 is 5.97 Å². The molecule has 2 heterocycles. The average molecular weight is 564 g/mol. The Morgan fingerprint density at radius 2 is 1.60 bits per heavy atom. The van der Waals surface area contributed by atoms with Gasteiger partial charge in [-0.05, 0) is 24.1 Å². The zero-order valence-corrected chi connectivity index (χ0v) is 22.2. The van der Waals surface area contributed by atoms with Gasteiger partial charge in [0.05, 0.1) is 26.8 Å². The third-order valence-corrected chi connectivity index (χ3v) is 6.26. The SMILES string of the molecule is COc1cc(NCc2ccc3nc(N)nc(N)c3c2C)cc(OC)c1OC.O=C(O)C1OC(O)C(O)C(O)C1O. The number of hydrogen-bond donors (Lipinski definition) is 8. The van der Waals surface area contributed by atoms with Crippen molar-refractivity contribution in [2.24, 2.45) is 0 Å². The molecule has 0 amide bonds. The number of carboxylic acid groups (broad SMARTS) is 1. The standard InChI is InChI=1S/C19H23N5O3.C6H10O7/c1-10-11(5-6-13-16(10)18(20)24-19(21)23-13)9-22-12-7-14(25-2)17(27-4)15(8-12)26-3;7-1-2(8)4(5(10)11)13-6(12)3(1)9/h5-8,22H,9H2,1-4H3,(H4,20,21,23,24);1-4,6-9,12H,(H,10,11). The smallest absolute Gasteiger partial charge is 0.335 e. The van der Waals surface area contributed by atoms with Crippen LogP contribution in [-0.2, 0) is 16.1 Å². The maximum Gasteiger partial charge on any atom is 0.335 e. The lowest BCUT2D eigenvalue weighted by atomic mass is 9.99. The normalized spacial score (nSPS) is 22.1. The molecule has 10 N–H and O–H groups in total. The Labute approximate surface area is 228 Å². The fraction of sp³-hybridized carbons (Fsp3) is 0.400. The molecule has 0 radical (unpaired) electrons. The van der Waals surface area contributed by atoms with E-state index in [2.05, 4.69) is 20.0 Å². The Hall–Kier alpha value is -4.15. The summed E-state index contributed by atoms with van der Waals surface area (Å²) in [6, 6.07) is 7.60. The van der Waals surface area contributed by atoms with Gasteiger partial charge in [-0.15, -0.1) is 0 Å². The molecule has 0 spiro atoms. The van der Waals surface area contributed by atoms with E-state index in [4.69, 9.17) is 51.2 Å². The number of aryl methyl sites for hydroxylation is 1. The molecule has 4 rings (SSSR count). The highest BCUT2D eigenvalue weighted by molar-refractivity contribution is 5.92. The number of nitrogens with one attached hydrogen (secondary N) is 1. The minimum Gasteiger partial charge on any atom is -0.493 e. The van der Waals surface area contributed by atoms with Crippen molar-refractivity contribution in [3.63, 3.8) is 0 Å². The van der Waals surface area contributed by atoms with Crippen LogP contribution >= 0.6 is 0 Å². The van der Waals surface area contributed by atoms with Crippen molar-refractivity contribution in [3.05, 3.63) is 35.4 Å². The molecule has 218 valence electrons. The molecule has 1 fully saturated rings. The number of nitrogen functional groups attached to an aromatic ring is 2. The summed E-state index contributed by atoms with van der Waals surface area (Å²) in [4.78, 5) is 18.7. The number of anilines is 3. The van der Waals surface area contributed by atoms with Crippen LogP contribution in [0.2, 0.25) is 0 Å².